The van der Waals surface area contributed by atoms with Gasteiger partial charge in [-0.15, -0.1) is 0 Å². The molecule has 1 aromatic rings. The number of rotatable bonds is 10. The van der Waals surface area contributed by atoms with Crippen molar-refractivity contribution in [3.63, 3.8) is 0 Å². The number of hydrogen-bond donors (Lipinski definition) is 5. The van der Waals surface area contributed by atoms with Crippen molar-refractivity contribution in [3.8, 4) is 5.75 Å². The molecule has 4 amide bonds. The number of nitrogens with zero attached hydrogens (tertiary/aromatic N) is 2. The van der Waals surface area contributed by atoms with Crippen molar-refractivity contribution in [2.24, 2.45) is 17.8 Å². The van der Waals surface area contributed by atoms with Crippen LogP contribution in [0.15, 0.2) is 66.3 Å². The van der Waals surface area contributed by atoms with E-state index in [1.165, 1.54) is 44.3 Å². The van der Waals surface area contributed by atoms with Crippen LogP contribution in [0.25, 0.3) is 0 Å². The van der Waals surface area contributed by atoms with Crippen LogP contribution in [0.1, 0.15) is 78.7 Å². The maximum atomic E-state index is 14.4. The predicted molar refractivity (Wildman–Crippen MR) is 217 cm³/mol. The first-order valence-electron chi connectivity index (χ1n) is 19.9. The highest BCUT2D eigenvalue weighted by Gasteiger charge is 2.38. The monoisotopic (exact) mass is 825 g/mol. The highest BCUT2D eigenvalue weighted by atomic mass is 19.1. The number of fused-ring (bicyclic) bond motifs is 2. The first-order valence-corrected chi connectivity index (χ1v) is 19.9. The fraction of sp³-hybridized carbons (Fsp3) is 0.535. The molecule has 7 atom stereocenters. The fourth-order valence-corrected chi connectivity index (χ4v) is 6.68. The molecule has 0 aromatic heterocycles. The molecule has 2 unspecified atom stereocenters. The number of nitrogens with one attached hydrogen (secondary N) is 3. The summed E-state index contributed by atoms with van der Waals surface area (Å²) in [5.41, 5.74) is 3.75. The van der Waals surface area contributed by atoms with Crippen molar-refractivity contribution >= 4 is 35.4 Å². The van der Waals surface area contributed by atoms with Crippen LogP contribution in [-0.4, -0.2) is 107 Å². The molecular weight excluding hydrogens is 765 g/mol. The van der Waals surface area contributed by atoms with E-state index >= 15 is 0 Å². The summed E-state index contributed by atoms with van der Waals surface area (Å²) < 4.78 is 20.4. The van der Waals surface area contributed by atoms with Gasteiger partial charge in [0.15, 0.2) is 0 Å². The molecule has 59 heavy (non-hydrogen) atoms. The van der Waals surface area contributed by atoms with Gasteiger partial charge in [-0.05, 0) is 74.6 Å². The van der Waals surface area contributed by atoms with Gasteiger partial charge in [0.05, 0.1) is 19.1 Å². The molecule has 2 aliphatic rings. The number of aliphatic hydroxyl groups excluding tert-OH is 1. The lowest BCUT2D eigenvalue weighted by Gasteiger charge is -2.36. The number of hydrazine groups is 1. The van der Waals surface area contributed by atoms with Gasteiger partial charge in [-0.1, -0.05) is 57.2 Å². The van der Waals surface area contributed by atoms with E-state index in [-0.39, 0.29) is 49.3 Å². The van der Waals surface area contributed by atoms with E-state index in [1.807, 2.05) is 6.08 Å². The van der Waals surface area contributed by atoms with Crippen molar-refractivity contribution in [2.75, 3.05) is 20.7 Å². The van der Waals surface area contributed by atoms with Crippen LogP contribution < -0.4 is 16.1 Å². The number of phenolic OH excluding ortho intramolecular Hbond substituents is 1. The maximum Gasteiger partial charge on any atom is 0.325 e. The summed E-state index contributed by atoms with van der Waals surface area (Å²) in [4.78, 5) is 85.1. The fourth-order valence-electron chi connectivity index (χ4n) is 6.68. The summed E-state index contributed by atoms with van der Waals surface area (Å²) in [6.45, 7) is 8.44. The number of halogens is 1. The van der Waals surface area contributed by atoms with E-state index in [2.05, 4.69) is 16.1 Å². The molecule has 0 radical (unpaired) electrons. The van der Waals surface area contributed by atoms with Crippen LogP contribution >= 0.6 is 0 Å². The summed E-state index contributed by atoms with van der Waals surface area (Å²) in [7, 11) is 2.82. The number of aromatic hydroxyl groups is 1. The molecule has 15 nitrogen and oxygen atoms in total. The summed E-state index contributed by atoms with van der Waals surface area (Å²) in [6, 6.07) is -0.230. The van der Waals surface area contributed by atoms with E-state index in [0.717, 1.165) is 17.2 Å². The first-order chi connectivity index (χ1) is 27.9. The van der Waals surface area contributed by atoms with Gasteiger partial charge in [0.25, 0.3) is 11.8 Å². The van der Waals surface area contributed by atoms with Crippen LogP contribution in [0.2, 0.25) is 0 Å². The van der Waals surface area contributed by atoms with Crippen LogP contribution in [0.5, 0.6) is 5.75 Å². The number of ether oxygens (including phenoxy) is 1. The lowest BCUT2D eigenvalue weighted by atomic mass is 9.85. The number of carbonyl (C=O) groups is 6. The Bertz CT molecular complexity index is 1760. The Morgan fingerprint density at radius 2 is 1.76 bits per heavy atom. The average Bonchev–Trinajstić information content (AvgIpc) is 3.18. The summed E-state index contributed by atoms with van der Waals surface area (Å²) in [6.07, 6.45) is 10.7. The zero-order valence-electron chi connectivity index (χ0n) is 35.0. The van der Waals surface area contributed by atoms with Gasteiger partial charge in [-0.3, -0.25) is 33.8 Å². The molecule has 0 saturated carbocycles. The second-order valence-corrected chi connectivity index (χ2v) is 15.5. The number of aliphatic hydroxyl groups is 1. The van der Waals surface area contributed by atoms with Crippen molar-refractivity contribution in [1.29, 1.82) is 0 Å². The Hall–Kier alpha value is -5.19. The molecule has 1 fully saturated rings. The zero-order valence-corrected chi connectivity index (χ0v) is 35.0. The number of hydroxylamine groups is 2. The molecule has 0 aliphatic carbocycles. The Morgan fingerprint density at radius 1 is 1.07 bits per heavy atom. The van der Waals surface area contributed by atoms with Gasteiger partial charge in [0, 0.05) is 45.0 Å². The zero-order chi connectivity index (χ0) is 43.8. The third-order valence-electron chi connectivity index (χ3n) is 10.3. The second-order valence-electron chi connectivity index (χ2n) is 15.5. The third kappa shape index (κ3) is 15.2. The van der Waals surface area contributed by atoms with Crippen molar-refractivity contribution in [2.45, 2.75) is 110 Å². The van der Waals surface area contributed by atoms with E-state index in [4.69, 9.17) is 9.57 Å². The van der Waals surface area contributed by atoms with E-state index in [0.29, 0.717) is 24.8 Å². The van der Waals surface area contributed by atoms with Crippen molar-refractivity contribution < 1.29 is 52.9 Å². The topological polar surface area (TPSA) is 204 Å². The molecule has 0 spiro atoms. The summed E-state index contributed by atoms with van der Waals surface area (Å²) in [5.74, 6) is -6.41. The minimum atomic E-state index is -1.36. The summed E-state index contributed by atoms with van der Waals surface area (Å²) >= 11 is 0. The van der Waals surface area contributed by atoms with Crippen molar-refractivity contribution in [1.82, 2.24) is 26.1 Å². The number of hydrogen-bond acceptors (Lipinski definition) is 11. The lowest BCUT2D eigenvalue weighted by Crippen LogP contribution is -2.62. The molecule has 5 N–H and O–H groups in total. The molecule has 2 bridgehead atoms. The second kappa shape index (κ2) is 23.4. The number of likely N-dealkylation sites (N-methyl/N-ethyl adjacent to an activating group) is 1. The first kappa shape index (κ1) is 48.2. The smallest absolute Gasteiger partial charge is 0.325 e. The predicted octanol–water partition coefficient (Wildman–Crippen LogP) is 3.52. The Labute approximate surface area is 345 Å². The molecule has 1 saturated heterocycles. The Balaban J connectivity index is 2.06. The van der Waals surface area contributed by atoms with E-state index in [1.54, 1.807) is 52.0 Å². The number of phenols is 1. The average molecular weight is 826 g/mol. The van der Waals surface area contributed by atoms with E-state index < -0.39 is 83.5 Å². The van der Waals surface area contributed by atoms with Gasteiger partial charge < -0.3 is 30.4 Å². The van der Waals surface area contributed by atoms with Crippen LogP contribution in [0, 0.1) is 23.6 Å². The number of cyclic esters (lactones) is 1. The molecular formula is C43H60FN5O10. The quantitative estimate of drug-likeness (QED) is 0.100. The number of Topliss-reactive ketones (excluding diaryl/α,β-unsaturated/α-hetero) is 1. The van der Waals surface area contributed by atoms with Gasteiger partial charge in [0.1, 0.15) is 41.6 Å². The number of allylic oxidation sites excluding steroid dienone is 5. The van der Waals surface area contributed by atoms with Crippen LogP contribution in [-0.2, 0) is 44.8 Å². The SMILES string of the molecule is CON(C)C(=O)/C=C/C=C(\C)[C@@H]1C/C=C/C=C/CC(C)[C@@H](O)[C@@H](CCC(C)=O)C(=O)N[C@@H](C(C)C)C(=O)N[C@@H](Cc2cc(O)cc(F)c2)C(=O)N2CCCC(N2)C(=O)O1. The molecule has 16 heteroatoms. The largest absolute Gasteiger partial charge is 0.508 e. The molecule has 324 valence electrons. The number of benzene rings is 1. The molecule has 1 aromatic carbocycles. The number of carbonyl (C=O) groups excluding carboxylic acids is 6. The minimum absolute atomic E-state index is 0.0236. The normalized spacial score (nSPS) is 26.9. The highest BCUT2D eigenvalue weighted by molar-refractivity contribution is 5.93. The van der Waals surface area contributed by atoms with Gasteiger partial charge >= 0.3 is 5.97 Å². The van der Waals surface area contributed by atoms with Gasteiger partial charge in [0.2, 0.25) is 11.8 Å². The minimum Gasteiger partial charge on any atom is -0.508 e. The maximum absolute atomic E-state index is 14.4. The Morgan fingerprint density at radius 3 is 2.41 bits per heavy atom. The van der Waals surface area contributed by atoms with Gasteiger partial charge in [-0.25, -0.2) is 14.9 Å². The lowest BCUT2D eigenvalue weighted by molar-refractivity contribution is -0.162. The molecule has 2 aliphatic heterocycles. The van der Waals surface area contributed by atoms with Gasteiger partial charge in [-0.2, -0.15) is 0 Å². The van der Waals surface area contributed by atoms with Crippen LogP contribution in [0.4, 0.5) is 4.39 Å². The molecule has 2 heterocycles. The summed E-state index contributed by atoms with van der Waals surface area (Å²) in [5, 5.41) is 29.3. The van der Waals surface area contributed by atoms with E-state index in [9.17, 15) is 43.4 Å². The number of amides is 4. The standard InChI is InChI=1S/C43H60FN5O10/c1-26(2)38-41(55)45-35(24-30-22-31(44)25-32(51)23-30)42(56)49-21-13-16-34(47-49)43(57)59-36(27(3)15-12-18-37(52)48(6)58-7)17-11-9-8-10-14-28(4)39(53)33(40(54)46-38)20-19-29(5)50/h8-12,15,18,22-23,25-26,28,33-36,38-39,47,51,53H,13-14,16-17,19-21,24H2,1-7H3,(H,45,55)(H,46,54)/b10-8+,11-9+,18-12+,27-15+/t28?,33-,34?,35+,36+,38+,39-/m1/s1. The third-order valence-corrected chi connectivity index (χ3v) is 10.3. The number of ketones is 1. The van der Waals surface area contributed by atoms with Crippen molar-refractivity contribution in [3.05, 3.63) is 77.7 Å². The number of esters is 1. The molecule has 3 rings (SSSR count). The Kier molecular flexibility index (Phi) is 19.1. The van der Waals surface area contributed by atoms with Crippen LogP contribution in [0.3, 0.4) is 0 Å². The highest BCUT2D eigenvalue weighted by Crippen LogP contribution is 2.24.